The number of anilines is 2. The summed E-state index contributed by atoms with van der Waals surface area (Å²) in [5.41, 5.74) is 0.769. The lowest BCUT2D eigenvalue weighted by molar-refractivity contribution is -0.114. The van der Waals surface area contributed by atoms with Gasteiger partial charge < -0.3 is 10.1 Å². The second-order valence-corrected chi connectivity index (χ2v) is 5.22. The van der Waals surface area contributed by atoms with Crippen LogP contribution >= 0.6 is 0 Å². The summed E-state index contributed by atoms with van der Waals surface area (Å²) in [4.78, 5) is 11.0. The Morgan fingerprint density at radius 1 is 1.35 bits per heavy atom. The van der Waals surface area contributed by atoms with Gasteiger partial charge in [-0.3, -0.25) is 9.52 Å². The summed E-state index contributed by atoms with van der Waals surface area (Å²) in [6, 6.07) is 4.60. The highest BCUT2D eigenvalue weighted by Gasteiger charge is 2.08. The molecule has 0 saturated carbocycles. The fourth-order valence-electron chi connectivity index (χ4n) is 1.27. The number of sulfonamides is 1. The Hall–Kier alpha value is -1.76. The lowest BCUT2D eigenvalue weighted by Crippen LogP contribution is -2.11. The first kappa shape index (κ1) is 13.3. The third-order valence-corrected chi connectivity index (χ3v) is 2.42. The average Bonchev–Trinajstić information content (AvgIpc) is 2.14. The van der Waals surface area contributed by atoms with Gasteiger partial charge in [0.25, 0.3) is 0 Å². The molecule has 0 saturated heterocycles. The van der Waals surface area contributed by atoms with Crippen LogP contribution in [0.4, 0.5) is 11.4 Å². The van der Waals surface area contributed by atoms with E-state index in [-0.39, 0.29) is 5.91 Å². The van der Waals surface area contributed by atoms with Crippen molar-refractivity contribution in [3.8, 4) is 5.75 Å². The van der Waals surface area contributed by atoms with E-state index in [0.29, 0.717) is 17.1 Å². The predicted molar refractivity (Wildman–Crippen MR) is 65.8 cm³/mol. The van der Waals surface area contributed by atoms with Crippen LogP contribution in [0.1, 0.15) is 6.92 Å². The number of hydrogen-bond acceptors (Lipinski definition) is 4. The van der Waals surface area contributed by atoms with Crippen LogP contribution in [0.2, 0.25) is 0 Å². The second-order valence-electron chi connectivity index (χ2n) is 3.47. The van der Waals surface area contributed by atoms with Crippen LogP contribution in [0.5, 0.6) is 5.75 Å². The molecule has 0 atom stereocenters. The van der Waals surface area contributed by atoms with E-state index in [1.165, 1.54) is 20.1 Å². The van der Waals surface area contributed by atoms with Gasteiger partial charge in [-0.05, 0) is 18.2 Å². The maximum Gasteiger partial charge on any atom is 0.229 e. The van der Waals surface area contributed by atoms with Gasteiger partial charge in [0.05, 0.1) is 24.7 Å². The maximum absolute atomic E-state index is 11.1. The van der Waals surface area contributed by atoms with Crippen LogP contribution in [0.3, 0.4) is 0 Å². The lowest BCUT2D eigenvalue weighted by Gasteiger charge is -2.11. The molecule has 1 rings (SSSR count). The van der Waals surface area contributed by atoms with Crippen LogP contribution < -0.4 is 14.8 Å². The molecule has 0 spiro atoms. The van der Waals surface area contributed by atoms with E-state index in [4.69, 9.17) is 4.74 Å². The molecule has 0 aliphatic carbocycles. The van der Waals surface area contributed by atoms with E-state index < -0.39 is 10.0 Å². The fourth-order valence-corrected chi connectivity index (χ4v) is 1.83. The van der Waals surface area contributed by atoms with Crippen LogP contribution in [0, 0.1) is 0 Å². The molecule has 0 unspecified atom stereocenters. The van der Waals surface area contributed by atoms with Gasteiger partial charge in [-0.15, -0.1) is 0 Å². The van der Waals surface area contributed by atoms with E-state index >= 15 is 0 Å². The number of carbonyl (C=O) groups is 1. The molecule has 1 amide bonds. The Labute approximate surface area is 100 Å². The second kappa shape index (κ2) is 5.05. The summed E-state index contributed by atoms with van der Waals surface area (Å²) in [5, 5.41) is 2.55. The van der Waals surface area contributed by atoms with Crippen molar-refractivity contribution in [1.82, 2.24) is 0 Å². The average molecular weight is 258 g/mol. The summed E-state index contributed by atoms with van der Waals surface area (Å²) in [7, 11) is -1.88. The third kappa shape index (κ3) is 4.31. The van der Waals surface area contributed by atoms with Crippen molar-refractivity contribution in [3.05, 3.63) is 18.2 Å². The zero-order valence-electron chi connectivity index (χ0n) is 9.77. The molecular weight excluding hydrogens is 244 g/mol. The molecule has 17 heavy (non-hydrogen) atoms. The Bertz CT molecular complexity index is 525. The molecule has 0 aromatic heterocycles. The van der Waals surface area contributed by atoms with Gasteiger partial charge in [-0.2, -0.15) is 0 Å². The standard InChI is InChI=1S/C10H14N2O4S/c1-7(13)11-9-6-8(12-17(3,14)15)4-5-10(9)16-2/h4-6,12H,1-3H3,(H,11,13). The van der Waals surface area contributed by atoms with Gasteiger partial charge in [0.15, 0.2) is 0 Å². The first-order valence-electron chi connectivity index (χ1n) is 4.75. The molecule has 0 radical (unpaired) electrons. The van der Waals surface area contributed by atoms with E-state index in [2.05, 4.69) is 10.0 Å². The molecule has 0 aliphatic rings. The highest BCUT2D eigenvalue weighted by atomic mass is 32.2. The summed E-state index contributed by atoms with van der Waals surface area (Å²) in [5.74, 6) is 0.194. The van der Waals surface area contributed by atoms with Gasteiger partial charge in [0.1, 0.15) is 5.75 Å². The number of amides is 1. The molecule has 1 aromatic rings. The van der Waals surface area contributed by atoms with Crippen molar-refractivity contribution in [2.45, 2.75) is 6.92 Å². The number of methoxy groups -OCH3 is 1. The number of ether oxygens (including phenoxy) is 1. The van der Waals surface area contributed by atoms with Gasteiger partial charge in [0.2, 0.25) is 15.9 Å². The van der Waals surface area contributed by atoms with Crippen molar-refractivity contribution in [3.63, 3.8) is 0 Å². The topological polar surface area (TPSA) is 84.5 Å². The molecule has 0 bridgehead atoms. The Morgan fingerprint density at radius 2 is 2.00 bits per heavy atom. The van der Waals surface area contributed by atoms with Crippen molar-refractivity contribution in [1.29, 1.82) is 0 Å². The minimum absolute atomic E-state index is 0.264. The zero-order valence-corrected chi connectivity index (χ0v) is 10.6. The Balaban J connectivity index is 3.08. The summed E-state index contributed by atoms with van der Waals surface area (Å²) >= 11 is 0. The molecule has 7 heteroatoms. The quantitative estimate of drug-likeness (QED) is 0.844. The SMILES string of the molecule is COc1ccc(NS(C)(=O)=O)cc1NC(C)=O. The summed E-state index contributed by atoms with van der Waals surface area (Å²) in [6.45, 7) is 1.36. The third-order valence-electron chi connectivity index (χ3n) is 1.81. The Morgan fingerprint density at radius 3 is 2.47 bits per heavy atom. The van der Waals surface area contributed by atoms with Gasteiger partial charge in [-0.25, -0.2) is 8.42 Å². The zero-order chi connectivity index (χ0) is 13.1. The van der Waals surface area contributed by atoms with Crippen LogP contribution in [0.25, 0.3) is 0 Å². The predicted octanol–water partition coefficient (Wildman–Crippen LogP) is 1.03. The molecule has 2 N–H and O–H groups in total. The number of benzene rings is 1. The molecule has 94 valence electrons. The molecular formula is C10H14N2O4S. The van der Waals surface area contributed by atoms with Gasteiger partial charge >= 0.3 is 0 Å². The van der Waals surface area contributed by atoms with E-state index in [1.807, 2.05) is 0 Å². The largest absolute Gasteiger partial charge is 0.495 e. The molecule has 1 aromatic carbocycles. The van der Waals surface area contributed by atoms with Gasteiger partial charge in [0, 0.05) is 6.92 Å². The van der Waals surface area contributed by atoms with Crippen molar-refractivity contribution in [2.24, 2.45) is 0 Å². The highest BCUT2D eigenvalue weighted by Crippen LogP contribution is 2.28. The number of nitrogens with one attached hydrogen (secondary N) is 2. The lowest BCUT2D eigenvalue weighted by atomic mass is 10.2. The molecule has 0 heterocycles. The monoisotopic (exact) mass is 258 g/mol. The van der Waals surface area contributed by atoms with E-state index in [9.17, 15) is 13.2 Å². The smallest absolute Gasteiger partial charge is 0.229 e. The minimum atomic E-state index is -3.35. The number of rotatable bonds is 4. The first-order valence-corrected chi connectivity index (χ1v) is 6.64. The fraction of sp³-hybridized carbons (Fsp3) is 0.300. The number of hydrogen-bond donors (Lipinski definition) is 2. The van der Waals surface area contributed by atoms with Crippen molar-refractivity contribution >= 4 is 27.3 Å². The Kier molecular flexibility index (Phi) is 3.95. The highest BCUT2D eigenvalue weighted by molar-refractivity contribution is 7.92. The van der Waals surface area contributed by atoms with Crippen molar-refractivity contribution in [2.75, 3.05) is 23.4 Å². The molecule has 0 fully saturated rings. The summed E-state index contributed by atoms with van der Waals surface area (Å²) in [6.07, 6.45) is 1.05. The minimum Gasteiger partial charge on any atom is -0.495 e. The van der Waals surface area contributed by atoms with Crippen molar-refractivity contribution < 1.29 is 17.9 Å². The molecule has 0 aliphatic heterocycles. The first-order chi connectivity index (χ1) is 7.81. The van der Waals surface area contributed by atoms with E-state index in [1.54, 1.807) is 12.1 Å². The van der Waals surface area contributed by atoms with Crippen LogP contribution in [-0.4, -0.2) is 27.7 Å². The molecule has 6 nitrogen and oxygen atoms in total. The van der Waals surface area contributed by atoms with Crippen LogP contribution in [-0.2, 0) is 14.8 Å². The van der Waals surface area contributed by atoms with E-state index in [0.717, 1.165) is 6.26 Å². The summed E-state index contributed by atoms with van der Waals surface area (Å²) < 4.78 is 29.5. The van der Waals surface area contributed by atoms with Gasteiger partial charge in [-0.1, -0.05) is 0 Å². The number of carbonyl (C=O) groups excluding carboxylic acids is 1. The normalized spacial score (nSPS) is 10.8. The maximum atomic E-state index is 11.1. The van der Waals surface area contributed by atoms with Crippen LogP contribution in [0.15, 0.2) is 18.2 Å².